The number of rotatable bonds is 10. The van der Waals surface area contributed by atoms with Crippen LogP contribution < -0.4 is 22.3 Å². The average Bonchev–Trinajstić information content (AvgIpc) is 3.08. The molecule has 0 saturated carbocycles. The number of hydrogen-bond donors (Lipinski definition) is 4. The van der Waals surface area contributed by atoms with Gasteiger partial charge in [0.2, 0.25) is 0 Å². The van der Waals surface area contributed by atoms with Crippen LogP contribution >= 0.6 is 0 Å². The van der Waals surface area contributed by atoms with E-state index in [2.05, 4.69) is 42.0 Å². The lowest BCUT2D eigenvalue weighted by atomic mass is 10.0. The summed E-state index contributed by atoms with van der Waals surface area (Å²) >= 11 is 0. The molecule has 5 nitrogen and oxygen atoms in total. The molecule has 24 heavy (non-hydrogen) atoms. The molecule has 6 N–H and O–H groups in total. The summed E-state index contributed by atoms with van der Waals surface area (Å²) in [7, 11) is 0. The van der Waals surface area contributed by atoms with Crippen molar-refractivity contribution in [2.75, 3.05) is 13.1 Å². The van der Waals surface area contributed by atoms with Crippen molar-refractivity contribution in [1.82, 2.24) is 15.6 Å². The molecule has 0 aliphatic carbocycles. The Kier molecular flexibility index (Phi) is 7.92. The predicted molar refractivity (Wildman–Crippen MR) is 103 cm³/mol. The van der Waals surface area contributed by atoms with Gasteiger partial charge in [0.15, 0.2) is 0 Å². The highest BCUT2D eigenvalue weighted by molar-refractivity contribution is 5.25. The first-order chi connectivity index (χ1) is 11.5. The van der Waals surface area contributed by atoms with Crippen molar-refractivity contribution >= 4 is 0 Å². The third-order valence-corrected chi connectivity index (χ3v) is 4.45. The van der Waals surface area contributed by atoms with Gasteiger partial charge in [-0.2, -0.15) is 0 Å². The van der Waals surface area contributed by atoms with E-state index in [-0.39, 0.29) is 12.0 Å². The highest BCUT2D eigenvalue weighted by atomic mass is 15.2. The summed E-state index contributed by atoms with van der Waals surface area (Å²) in [6.45, 7) is 19.7. The maximum atomic E-state index is 5.62. The fraction of sp³-hybridized carbons (Fsp3) is 0.368. The van der Waals surface area contributed by atoms with Gasteiger partial charge in [0.25, 0.3) is 0 Å². The van der Waals surface area contributed by atoms with Gasteiger partial charge in [-0.15, -0.1) is 0 Å². The van der Waals surface area contributed by atoms with E-state index in [1.807, 2.05) is 19.1 Å². The van der Waals surface area contributed by atoms with Crippen LogP contribution in [0.1, 0.15) is 19.8 Å². The van der Waals surface area contributed by atoms with Crippen LogP contribution in [0, 0.1) is 5.92 Å². The van der Waals surface area contributed by atoms with Crippen LogP contribution in [0.2, 0.25) is 0 Å². The quantitative estimate of drug-likeness (QED) is 0.281. The zero-order chi connectivity index (χ0) is 18.1. The summed E-state index contributed by atoms with van der Waals surface area (Å²) in [5.41, 5.74) is 12.1. The van der Waals surface area contributed by atoms with E-state index in [0.29, 0.717) is 6.54 Å². The molecule has 0 bridgehead atoms. The first kappa shape index (κ1) is 19.6. The van der Waals surface area contributed by atoms with E-state index in [4.69, 9.17) is 11.6 Å². The van der Waals surface area contributed by atoms with Crippen molar-refractivity contribution in [1.29, 1.82) is 0 Å². The molecule has 132 valence electrons. The molecule has 1 saturated heterocycles. The molecule has 0 aromatic heterocycles. The van der Waals surface area contributed by atoms with Crippen LogP contribution in [0.5, 0.6) is 0 Å². The smallest absolute Gasteiger partial charge is 0.0680 e. The average molecular weight is 329 g/mol. The molecule has 2 atom stereocenters. The Morgan fingerprint density at radius 1 is 1.38 bits per heavy atom. The summed E-state index contributed by atoms with van der Waals surface area (Å²) in [4.78, 5) is 2.28. The van der Waals surface area contributed by atoms with Crippen LogP contribution in [0.4, 0.5) is 0 Å². The lowest BCUT2D eigenvalue weighted by Crippen LogP contribution is -2.38. The summed E-state index contributed by atoms with van der Waals surface area (Å²) in [5.74, 6) is 5.55. The molecule has 1 fully saturated rings. The minimum absolute atomic E-state index is 0.0257. The van der Waals surface area contributed by atoms with Gasteiger partial charge in [-0.1, -0.05) is 51.5 Å². The summed E-state index contributed by atoms with van der Waals surface area (Å²) in [6.07, 6.45) is 9.15. The highest BCUT2D eigenvalue weighted by Gasteiger charge is 2.30. The van der Waals surface area contributed by atoms with E-state index in [9.17, 15) is 0 Å². The number of nitrogens with one attached hydrogen (secondary N) is 2. The molecule has 1 heterocycles. The Hall–Kier alpha value is -2.40. The van der Waals surface area contributed by atoms with Gasteiger partial charge < -0.3 is 21.4 Å². The van der Waals surface area contributed by atoms with Crippen LogP contribution in [-0.4, -0.2) is 24.0 Å². The van der Waals surface area contributed by atoms with Crippen LogP contribution in [-0.2, 0) is 0 Å². The van der Waals surface area contributed by atoms with Crippen molar-refractivity contribution < 1.29 is 0 Å². The largest absolute Gasteiger partial charge is 0.403 e. The Morgan fingerprint density at radius 3 is 2.62 bits per heavy atom. The number of hydrogen-bond acceptors (Lipinski definition) is 5. The molecule has 1 aliphatic rings. The molecule has 0 aromatic carbocycles. The number of nitrogens with two attached hydrogens (primary N) is 2. The second-order valence-corrected chi connectivity index (χ2v) is 5.89. The normalized spacial score (nSPS) is 19.6. The van der Waals surface area contributed by atoms with Gasteiger partial charge in [0.05, 0.1) is 6.04 Å². The van der Waals surface area contributed by atoms with Gasteiger partial charge in [-0.25, -0.2) is 0 Å². The molecule has 1 aliphatic heterocycles. The molecule has 2 unspecified atom stereocenters. The third kappa shape index (κ3) is 4.80. The molecular formula is C19H31N5. The Bertz CT molecular complexity index is 544. The minimum atomic E-state index is 0.0257. The fourth-order valence-corrected chi connectivity index (χ4v) is 2.90. The topological polar surface area (TPSA) is 79.3 Å². The van der Waals surface area contributed by atoms with Crippen molar-refractivity contribution in [3.8, 4) is 0 Å². The Morgan fingerprint density at radius 2 is 2.08 bits per heavy atom. The maximum Gasteiger partial charge on any atom is 0.0680 e. The van der Waals surface area contributed by atoms with Crippen LogP contribution in [0.25, 0.3) is 0 Å². The second-order valence-electron chi connectivity index (χ2n) is 5.89. The number of allylic oxidation sites excluding steroid dienone is 2. The monoisotopic (exact) mass is 329 g/mol. The van der Waals surface area contributed by atoms with Crippen molar-refractivity contribution in [3.63, 3.8) is 0 Å². The molecule has 0 spiro atoms. The van der Waals surface area contributed by atoms with Gasteiger partial charge in [0.1, 0.15) is 0 Å². The highest BCUT2D eigenvalue weighted by Crippen LogP contribution is 2.30. The number of hydrazine groups is 1. The summed E-state index contributed by atoms with van der Waals surface area (Å²) in [6, 6.07) is 0.214. The lowest BCUT2D eigenvalue weighted by Gasteiger charge is -2.34. The molecule has 1 rings (SSSR count). The van der Waals surface area contributed by atoms with Gasteiger partial charge >= 0.3 is 0 Å². The van der Waals surface area contributed by atoms with E-state index < -0.39 is 0 Å². The van der Waals surface area contributed by atoms with E-state index in [0.717, 1.165) is 42.1 Å². The Labute approximate surface area is 146 Å². The summed E-state index contributed by atoms with van der Waals surface area (Å²) < 4.78 is 0. The van der Waals surface area contributed by atoms with Gasteiger partial charge in [-0.05, 0) is 18.4 Å². The SMILES string of the molecule is C=C/C=C(\C=C)CNC(=C)C1CCCN1C(=C)C(C)/C(=C/N)NN. The fourth-order valence-electron chi connectivity index (χ4n) is 2.90. The van der Waals surface area contributed by atoms with Crippen LogP contribution in [0.3, 0.4) is 0 Å². The minimum Gasteiger partial charge on any atom is -0.403 e. The molecule has 0 amide bonds. The van der Waals surface area contributed by atoms with E-state index in [1.165, 1.54) is 6.20 Å². The number of nitrogens with zero attached hydrogens (tertiary/aromatic N) is 1. The standard InChI is InChI=1S/C19H31N5/c1-6-9-17(7-2)13-22-15(4)19-10-8-11-24(19)16(5)14(3)18(12-20)23-21/h6-7,9,12,14,19,22-23H,1-2,4-5,8,10-11,13,20-21H2,3H3/b17-9+,18-12-. The first-order valence-electron chi connectivity index (χ1n) is 8.20. The molecule has 5 heteroatoms. The molecule has 0 aromatic rings. The lowest BCUT2D eigenvalue weighted by molar-refractivity contribution is 0.315. The predicted octanol–water partition coefficient (Wildman–Crippen LogP) is 2.27. The number of likely N-dealkylation sites (tertiary alicyclic amines) is 1. The first-order valence-corrected chi connectivity index (χ1v) is 8.20. The van der Waals surface area contributed by atoms with Crippen molar-refractivity contribution in [2.24, 2.45) is 17.5 Å². The van der Waals surface area contributed by atoms with Gasteiger partial charge in [-0.3, -0.25) is 5.84 Å². The Balaban J connectivity index is 2.75. The third-order valence-electron chi connectivity index (χ3n) is 4.45. The zero-order valence-corrected chi connectivity index (χ0v) is 14.7. The molecular weight excluding hydrogens is 298 g/mol. The van der Waals surface area contributed by atoms with Crippen LogP contribution in [0.15, 0.2) is 73.4 Å². The van der Waals surface area contributed by atoms with Crippen molar-refractivity contribution in [2.45, 2.75) is 25.8 Å². The van der Waals surface area contributed by atoms with Gasteiger partial charge in [0, 0.05) is 42.3 Å². The summed E-state index contributed by atoms with van der Waals surface area (Å²) in [5, 5.41) is 3.40. The van der Waals surface area contributed by atoms with Crippen molar-refractivity contribution in [3.05, 3.63) is 73.4 Å². The van der Waals surface area contributed by atoms with E-state index in [1.54, 1.807) is 6.08 Å². The zero-order valence-electron chi connectivity index (χ0n) is 14.7. The van der Waals surface area contributed by atoms with E-state index >= 15 is 0 Å². The molecule has 0 radical (unpaired) electrons. The second kappa shape index (κ2) is 9.67. The maximum absolute atomic E-state index is 5.62.